The van der Waals surface area contributed by atoms with Crippen LogP contribution in [-0.4, -0.2) is 48.8 Å². The molecule has 0 saturated carbocycles. The van der Waals surface area contributed by atoms with Crippen LogP contribution < -0.4 is 4.90 Å². The molecule has 1 N–H and O–H groups in total. The molecule has 0 aromatic heterocycles. The van der Waals surface area contributed by atoms with E-state index in [1.165, 1.54) is 0 Å². The molecule has 1 heterocycles. The number of benzene rings is 1. The van der Waals surface area contributed by atoms with E-state index in [1.54, 1.807) is 0 Å². The summed E-state index contributed by atoms with van der Waals surface area (Å²) in [6, 6.07) is 6.49. The molecule has 2 atom stereocenters. The van der Waals surface area contributed by atoms with Crippen LogP contribution in [0.15, 0.2) is 18.2 Å². The van der Waals surface area contributed by atoms with E-state index in [2.05, 4.69) is 29.8 Å². The highest BCUT2D eigenvalue weighted by Gasteiger charge is 2.31. The minimum atomic E-state index is 0.135. The summed E-state index contributed by atoms with van der Waals surface area (Å²) < 4.78 is 0. The van der Waals surface area contributed by atoms with Gasteiger partial charge in [-0.15, -0.1) is 0 Å². The van der Waals surface area contributed by atoms with Gasteiger partial charge in [-0.3, -0.25) is 0 Å². The summed E-state index contributed by atoms with van der Waals surface area (Å²) in [5.41, 5.74) is 2.23. The third-order valence-corrected chi connectivity index (χ3v) is 4.10. The summed E-state index contributed by atoms with van der Waals surface area (Å²) in [4.78, 5) is 4.57. The van der Waals surface area contributed by atoms with E-state index >= 15 is 0 Å². The number of aliphatic hydroxyl groups excluding tert-OH is 1. The third-order valence-electron chi connectivity index (χ3n) is 3.69. The number of nitrogens with zero attached hydrogens (tertiary/aromatic N) is 2. The zero-order chi connectivity index (χ0) is 13.3. The molecule has 0 spiro atoms. The van der Waals surface area contributed by atoms with Crippen molar-refractivity contribution in [1.29, 1.82) is 0 Å². The Bertz CT molecular complexity index is 424. The molecule has 1 aromatic carbocycles. The van der Waals surface area contributed by atoms with E-state index in [4.69, 9.17) is 11.6 Å². The van der Waals surface area contributed by atoms with Crippen LogP contribution in [0.3, 0.4) is 0 Å². The maximum atomic E-state index is 9.62. The number of rotatable bonds is 2. The molecular weight excluding hydrogens is 248 g/mol. The maximum absolute atomic E-state index is 9.62. The van der Waals surface area contributed by atoms with Crippen LogP contribution in [0.2, 0.25) is 5.02 Å². The molecule has 100 valence electrons. The van der Waals surface area contributed by atoms with Crippen LogP contribution in [-0.2, 0) is 0 Å². The standard InChI is InChI=1S/C14H21ClN2O/c1-10-7-16(3)8-12(9-18)17(10)14-6-4-5-13(15)11(14)2/h4-6,10,12,18H,7-9H2,1-3H3. The molecule has 1 fully saturated rings. The summed E-state index contributed by atoms with van der Waals surface area (Å²) in [6.07, 6.45) is 0. The van der Waals surface area contributed by atoms with Crippen molar-refractivity contribution in [3.05, 3.63) is 28.8 Å². The Balaban J connectivity index is 2.37. The topological polar surface area (TPSA) is 26.7 Å². The summed E-state index contributed by atoms with van der Waals surface area (Å²) in [5.74, 6) is 0. The predicted molar refractivity (Wildman–Crippen MR) is 76.5 cm³/mol. The van der Waals surface area contributed by atoms with Gasteiger partial charge in [0.25, 0.3) is 0 Å². The van der Waals surface area contributed by atoms with Gasteiger partial charge in [0.2, 0.25) is 0 Å². The lowest BCUT2D eigenvalue weighted by molar-refractivity contribution is 0.171. The highest BCUT2D eigenvalue weighted by molar-refractivity contribution is 6.31. The first-order valence-corrected chi connectivity index (χ1v) is 6.75. The smallest absolute Gasteiger partial charge is 0.0651 e. The molecule has 3 nitrogen and oxygen atoms in total. The highest BCUT2D eigenvalue weighted by Crippen LogP contribution is 2.31. The predicted octanol–water partition coefficient (Wildman–Crippen LogP) is 2.15. The fraction of sp³-hybridized carbons (Fsp3) is 0.571. The SMILES string of the molecule is Cc1c(Cl)cccc1N1C(C)CN(C)CC1CO. The number of aliphatic hydroxyl groups is 1. The summed E-state index contributed by atoms with van der Waals surface area (Å²) in [7, 11) is 2.10. The molecule has 0 aliphatic carbocycles. The molecule has 18 heavy (non-hydrogen) atoms. The molecule has 0 bridgehead atoms. The van der Waals surface area contributed by atoms with Crippen LogP contribution in [0.25, 0.3) is 0 Å². The molecule has 1 aliphatic heterocycles. The minimum absolute atomic E-state index is 0.135. The second-order valence-corrected chi connectivity index (χ2v) is 5.61. The molecule has 1 aromatic rings. The van der Waals surface area contributed by atoms with E-state index in [9.17, 15) is 5.11 Å². The van der Waals surface area contributed by atoms with Crippen molar-refractivity contribution in [2.45, 2.75) is 25.9 Å². The van der Waals surface area contributed by atoms with Crippen LogP contribution >= 0.6 is 11.6 Å². The molecule has 2 rings (SSSR count). The van der Waals surface area contributed by atoms with Crippen LogP contribution in [0.5, 0.6) is 0 Å². The molecule has 4 heteroatoms. The maximum Gasteiger partial charge on any atom is 0.0651 e. The lowest BCUT2D eigenvalue weighted by Crippen LogP contribution is -2.58. The largest absolute Gasteiger partial charge is 0.394 e. The van der Waals surface area contributed by atoms with Crippen molar-refractivity contribution in [2.24, 2.45) is 0 Å². The van der Waals surface area contributed by atoms with Crippen molar-refractivity contribution in [1.82, 2.24) is 4.90 Å². The van der Waals surface area contributed by atoms with E-state index in [1.807, 2.05) is 19.1 Å². The zero-order valence-corrected chi connectivity index (χ0v) is 12.0. The number of hydrogen-bond donors (Lipinski definition) is 1. The summed E-state index contributed by atoms with van der Waals surface area (Å²) >= 11 is 6.20. The number of likely N-dealkylation sites (N-methyl/N-ethyl adjacent to an activating group) is 1. The normalized spacial score (nSPS) is 25.5. The van der Waals surface area contributed by atoms with Gasteiger partial charge in [0.1, 0.15) is 0 Å². The average molecular weight is 269 g/mol. The second-order valence-electron chi connectivity index (χ2n) is 5.20. The van der Waals surface area contributed by atoms with Gasteiger partial charge in [-0.2, -0.15) is 0 Å². The lowest BCUT2D eigenvalue weighted by atomic mass is 10.0. The number of halogens is 1. The third kappa shape index (κ3) is 2.48. The van der Waals surface area contributed by atoms with Crippen molar-refractivity contribution >= 4 is 17.3 Å². The van der Waals surface area contributed by atoms with Gasteiger partial charge in [0.15, 0.2) is 0 Å². The van der Waals surface area contributed by atoms with Crippen LogP contribution in [0.4, 0.5) is 5.69 Å². The minimum Gasteiger partial charge on any atom is -0.394 e. The Morgan fingerprint density at radius 1 is 1.39 bits per heavy atom. The first kappa shape index (κ1) is 13.7. The number of hydrogen-bond acceptors (Lipinski definition) is 3. The molecule has 0 amide bonds. The van der Waals surface area contributed by atoms with Crippen molar-refractivity contribution in [3.63, 3.8) is 0 Å². The van der Waals surface area contributed by atoms with E-state index < -0.39 is 0 Å². The van der Waals surface area contributed by atoms with Gasteiger partial charge >= 0.3 is 0 Å². The van der Waals surface area contributed by atoms with Crippen molar-refractivity contribution in [2.75, 3.05) is 31.6 Å². The lowest BCUT2D eigenvalue weighted by Gasteiger charge is -2.46. The Kier molecular flexibility index (Phi) is 4.15. The van der Waals surface area contributed by atoms with E-state index in [0.29, 0.717) is 6.04 Å². The van der Waals surface area contributed by atoms with Gasteiger partial charge in [-0.1, -0.05) is 17.7 Å². The van der Waals surface area contributed by atoms with Gasteiger partial charge < -0.3 is 14.9 Å². The zero-order valence-electron chi connectivity index (χ0n) is 11.2. The van der Waals surface area contributed by atoms with Gasteiger partial charge in [-0.25, -0.2) is 0 Å². The van der Waals surface area contributed by atoms with Gasteiger partial charge in [0, 0.05) is 29.8 Å². The average Bonchev–Trinajstić information content (AvgIpc) is 2.32. The molecular formula is C14H21ClN2O. The Hall–Kier alpha value is -0.770. The van der Waals surface area contributed by atoms with Gasteiger partial charge in [-0.05, 0) is 38.6 Å². The second kappa shape index (κ2) is 5.47. The van der Waals surface area contributed by atoms with Gasteiger partial charge in [0.05, 0.1) is 12.6 Å². The monoisotopic (exact) mass is 268 g/mol. The Labute approximate surface area is 114 Å². The number of piperazine rings is 1. The molecule has 1 saturated heterocycles. The van der Waals surface area contributed by atoms with E-state index in [-0.39, 0.29) is 12.6 Å². The van der Waals surface area contributed by atoms with Crippen molar-refractivity contribution < 1.29 is 5.11 Å². The van der Waals surface area contributed by atoms with Crippen molar-refractivity contribution in [3.8, 4) is 0 Å². The Morgan fingerprint density at radius 2 is 2.11 bits per heavy atom. The Morgan fingerprint density at radius 3 is 2.78 bits per heavy atom. The molecule has 0 radical (unpaired) electrons. The summed E-state index contributed by atoms with van der Waals surface area (Å²) in [5, 5.41) is 10.4. The fourth-order valence-corrected chi connectivity index (χ4v) is 3.05. The highest BCUT2D eigenvalue weighted by atomic mass is 35.5. The van der Waals surface area contributed by atoms with Crippen LogP contribution in [0, 0.1) is 6.92 Å². The van der Waals surface area contributed by atoms with Crippen LogP contribution in [0.1, 0.15) is 12.5 Å². The quantitative estimate of drug-likeness (QED) is 0.890. The molecule has 1 aliphatic rings. The fourth-order valence-electron chi connectivity index (χ4n) is 2.88. The molecule has 2 unspecified atom stereocenters. The summed E-state index contributed by atoms with van der Waals surface area (Å²) in [6.45, 7) is 6.28. The first-order valence-electron chi connectivity index (χ1n) is 6.37. The first-order chi connectivity index (χ1) is 8.54. The number of anilines is 1. The van der Waals surface area contributed by atoms with E-state index in [0.717, 1.165) is 29.4 Å².